The minimum Gasteiger partial charge on any atom is -0.493 e. The lowest BCUT2D eigenvalue weighted by Gasteiger charge is -2.33. The number of carbonyl (C=O) groups is 2. The predicted octanol–water partition coefficient (Wildman–Crippen LogP) is 10.9. The zero-order valence-electron chi connectivity index (χ0n) is 35.4. The maximum absolute atomic E-state index is 14.1. The number of esters is 2. The van der Waals surface area contributed by atoms with Gasteiger partial charge in [-0.3, -0.25) is 9.59 Å². The van der Waals surface area contributed by atoms with Crippen molar-refractivity contribution in [2.24, 2.45) is 17.8 Å². The van der Waals surface area contributed by atoms with Gasteiger partial charge < -0.3 is 33.2 Å². The molecule has 2 saturated carbocycles. The van der Waals surface area contributed by atoms with E-state index in [0.717, 1.165) is 105 Å². The van der Waals surface area contributed by atoms with Crippen LogP contribution in [0.3, 0.4) is 0 Å². The molecular weight excluding hydrogens is 764 g/mol. The Morgan fingerprint density at radius 2 is 1.23 bits per heavy atom. The number of benzene rings is 4. The molecule has 10 heteroatoms. The molecule has 0 radical (unpaired) electrons. The van der Waals surface area contributed by atoms with Crippen molar-refractivity contribution in [3.05, 3.63) is 113 Å². The Morgan fingerprint density at radius 3 is 1.80 bits per heavy atom. The molecule has 3 unspecified atom stereocenters. The molecule has 0 saturated heterocycles. The van der Waals surface area contributed by atoms with E-state index in [0.29, 0.717) is 19.1 Å². The molecule has 320 valence electrons. The molecule has 8 rings (SSSR count). The van der Waals surface area contributed by atoms with Gasteiger partial charge in [-0.2, -0.15) is 0 Å². The number of hydrogen-bond donors (Lipinski definition) is 0. The van der Waals surface area contributed by atoms with Crippen LogP contribution >= 0.6 is 0 Å². The van der Waals surface area contributed by atoms with Gasteiger partial charge in [0.15, 0.2) is 11.6 Å². The Balaban J connectivity index is 0.000000182. The van der Waals surface area contributed by atoms with Crippen LogP contribution in [0.2, 0.25) is 0 Å². The van der Waals surface area contributed by atoms with Crippen LogP contribution in [0.15, 0.2) is 84.9 Å². The zero-order valence-corrected chi connectivity index (χ0v) is 35.4. The highest BCUT2D eigenvalue weighted by Gasteiger charge is 2.32. The Morgan fingerprint density at radius 1 is 0.667 bits per heavy atom. The van der Waals surface area contributed by atoms with Gasteiger partial charge in [-0.25, -0.2) is 4.39 Å². The van der Waals surface area contributed by atoms with E-state index in [4.69, 9.17) is 33.2 Å². The fourth-order valence-electron chi connectivity index (χ4n) is 9.04. The van der Waals surface area contributed by atoms with E-state index < -0.39 is 0 Å². The standard InChI is InChI=1S/C25H29FO5.C25H30O4/c1-3-29-25(27)16-7-10-18(11-8-16)30-19-12-14-22-17(15-19)9-13-23(31-22)20-5-4-6-21(26)24(20)28-2;1-3-27-25(26)19-9-11-21(12-10-19)28-22-13-14-23-20(16-22)15-17(2)24(29-23)18-7-5-4-6-8-18/h4-6,12,14-16,18,23H,3,7-11,13H2,1-2H3;4-8,13-14,16-17,19,21,24H,3,9-12,15H2,1-2H3. The lowest BCUT2D eigenvalue weighted by Crippen LogP contribution is -2.29. The lowest BCUT2D eigenvalue weighted by atomic mass is 9.87. The molecule has 0 N–H and O–H groups in total. The second kappa shape index (κ2) is 20.3. The van der Waals surface area contributed by atoms with Crippen molar-refractivity contribution in [2.45, 2.75) is 116 Å². The van der Waals surface area contributed by atoms with Crippen molar-refractivity contribution in [1.82, 2.24) is 0 Å². The Labute approximate surface area is 353 Å². The summed E-state index contributed by atoms with van der Waals surface area (Å²) in [5, 5.41) is 0. The average Bonchev–Trinajstić information content (AvgIpc) is 3.27. The Hall–Kier alpha value is -5.25. The van der Waals surface area contributed by atoms with Gasteiger partial charge in [0.1, 0.15) is 35.2 Å². The van der Waals surface area contributed by atoms with Gasteiger partial charge >= 0.3 is 11.9 Å². The summed E-state index contributed by atoms with van der Waals surface area (Å²) in [5.41, 5.74) is 4.25. The van der Waals surface area contributed by atoms with Gasteiger partial charge in [-0.05, 0) is 144 Å². The molecule has 2 heterocycles. The number of ether oxygens (including phenoxy) is 7. The second-order valence-corrected chi connectivity index (χ2v) is 16.4. The average molecular weight is 823 g/mol. The molecule has 0 spiro atoms. The first kappa shape index (κ1) is 42.9. The zero-order chi connectivity index (χ0) is 42.0. The van der Waals surface area contributed by atoms with Crippen molar-refractivity contribution in [1.29, 1.82) is 0 Å². The third kappa shape index (κ3) is 10.5. The third-order valence-electron chi connectivity index (χ3n) is 12.2. The van der Waals surface area contributed by atoms with Crippen molar-refractivity contribution in [3.8, 4) is 28.7 Å². The second-order valence-electron chi connectivity index (χ2n) is 16.4. The minimum atomic E-state index is -0.379. The summed E-state index contributed by atoms with van der Waals surface area (Å²) < 4.78 is 54.6. The SMILES string of the molecule is CCOC(=O)C1CCC(Oc2ccc3c(c2)CC(C)C(c2ccccc2)O3)CC1.CCOC(=O)C1CCC(Oc2ccc3c(c2)CCC(c2cccc(F)c2OC)O3)CC1. The summed E-state index contributed by atoms with van der Waals surface area (Å²) >= 11 is 0. The maximum atomic E-state index is 14.1. The van der Waals surface area contributed by atoms with Crippen molar-refractivity contribution in [2.75, 3.05) is 20.3 Å². The topological polar surface area (TPSA) is 98.8 Å². The van der Waals surface area contributed by atoms with E-state index in [9.17, 15) is 14.0 Å². The number of halogens is 1. The van der Waals surface area contributed by atoms with Crippen LogP contribution in [0.5, 0.6) is 28.7 Å². The monoisotopic (exact) mass is 822 g/mol. The molecule has 0 amide bonds. The smallest absolute Gasteiger partial charge is 0.308 e. The highest BCUT2D eigenvalue weighted by molar-refractivity contribution is 5.73. The fourth-order valence-corrected chi connectivity index (χ4v) is 9.04. The first-order chi connectivity index (χ1) is 29.2. The van der Waals surface area contributed by atoms with E-state index in [1.54, 1.807) is 6.07 Å². The molecule has 0 bridgehead atoms. The molecule has 60 heavy (non-hydrogen) atoms. The molecule has 2 aliphatic carbocycles. The summed E-state index contributed by atoms with van der Waals surface area (Å²) in [7, 11) is 1.47. The van der Waals surface area contributed by atoms with Crippen molar-refractivity contribution < 1.29 is 47.1 Å². The molecule has 9 nitrogen and oxygen atoms in total. The van der Waals surface area contributed by atoms with Crippen LogP contribution in [-0.2, 0) is 31.9 Å². The van der Waals surface area contributed by atoms with Gasteiger partial charge in [-0.1, -0.05) is 49.4 Å². The van der Waals surface area contributed by atoms with Gasteiger partial charge in [0.05, 0.1) is 44.4 Å². The largest absolute Gasteiger partial charge is 0.493 e. The number of methoxy groups -OCH3 is 1. The normalized spacial score (nSPS) is 24.4. The molecule has 4 aliphatic rings. The number of carbonyl (C=O) groups excluding carboxylic acids is 2. The molecule has 2 fully saturated rings. The molecule has 4 aromatic rings. The van der Waals surface area contributed by atoms with Gasteiger partial charge in [0.2, 0.25) is 0 Å². The van der Waals surface area contributed by atoms with Gasteiger partial charge in [-0.15, -0.1) is 0 Å². The molecule has 2 aliphatic heterocycles. The van der Waals surface area contributed by atoms with Gasteiger partial charge in [0.25, 0.3) is 0 Å². The first-order valence-corrected chi connectivity index (χ1v) is 21.9. The highest BCUT2D eigenvalue weighted by atomic mass is 19.1. The fraction of sp³-hybridized carbons (Fsp3) is 0.480. The first-order valence-electron chi connectivity index (χ1n) is 21.9. The van der Waals surface area contributed by atoms with Gasteiger partial charge in [0, 0.05) is 11.5 Å². The third-order valence-corrected chi connectivity index (χ3v) is 12.2. The summed E-state index contributed by atoms with van der Waals surface area (Å²) in [6, 6.07) is 27.4. The number of fused-ring (bicyclic) bond motifs is 2. The lowest BCUT2D eigenvalue weighted by molar-refractivity contribution is -0.150. The van der Waals surface area contributed by atoms with Crippen molar-refractivity contribution >= 4 is 11.9 Å². The van der Waals surface area contributed by atoms with E-state index in [1.807, 2.05) is 56.3 Å². The van der Waals surface area contributed by atoms with E-state index in [2.05, 4.69) is 37.3 Å². The van der Waals surface area contributed by atoms with E-state index in [-0.39, 0.29) is 59.8 Å². The molecule has 3 atom stereocenters. The number of hydrogen-bond acceptors (Lipinski definition) is 9. The Bertz CT molecular complexity index is 2040. The van der Waals surface area contributed by atoms with Crippen LogP contribution in [0, 0.1) is 23.6 Å². The van der Waals surface area contributed by atoms with E-state index >= 15 is 0 Å². The summed E-state index contributed by atoms with van der Waals surface area (Å²) in [6.45, 7) is 6.82. The predicted molar refractivity (Wildman–Crippen MR) is 226 cm³/mol. The number of para-hydroxylation sites is 1. The van der Waals surface area contributed by atoms with Crippen molar-refractivity contribution in [3.63, 3.8) is 0 Å². The maximum Gasteiger partial charge on any atom is 0.308 e. The minimum absolute atomic E-state index is 0.00604. The summed E-state index contributed by atoms with van der Waals surface area (Å²) in [6.07, 6.45) is 9.40. The number of aryl methyl sites for hydroxylation is 1. The Kier molecular flexibility index (Phi) is 14.5. The summed E-state index contributed by atoms with van der Waals surface area (Å²) in [4.78, 5) is 23.8. The quantitative estimate of drug-likeness (QED) is 0.137. The van der Waals surface area contributed by atoms with E-state index in [1.165, 1.54) is 24.3 Å². The molecule has 4 aromatic carbocycles. The van der Waals surface area contributed by atoms with Crippen LogP contribution in [-0.4, -0.2) is 44.5 Å². The van der Waals surface area contributed by atoms with Crippen LogP contribution in [0.4, 0.5) is 4.39 Å². The molecular formula is C50H59FO9. The van der Waals surface area contributed by atoms with Crippen LogP contribution in [0.1, 0.15) is 113 Å². The highest BCUT2D eigenvalue weighted by Crippen LogP contribution is 2.42. The number of rotatable bonds is 11. The van der Waals surface area contributed by atoms with Crippen LogP contribution in [0.25, 0.3) is 0 Å². The van der Waals surface area contributed by atoms with Crippen LogP contribution < -0.4 is 23.7 Å². The molecule has 0 aromatic heterocycles. The summed E-state index contributed by atoms with van der Waals surface area (Å²) in [5.74, 6) is 3.62.